The SMILES string of the molecule is CC(Nc1cc(F)ccc1[N+](=O)[O-])C(C)(C)O. The maximum absolute atomic E-state index is 13.0. The Hall–Kier alpha value is -1.69. The van der Waals surface area contributed by atoms with Crippen LogP contribution in [-0.2, 0) is 0 Å². The van der Waals surface area contributed by atoms with Gasteiger partial charge >= 0.3 is 0 Å². The van der Waals surface area contributed by atoms with Crippen molar-refractivity contribution in [2.24, 2.45) is 0 Å². The van der Waals surface area contributed by atoms with Gasteiger partial charge in [0.25, 0.3) is 5.69 Å². The number of halogens is 1. The average molecular weight is 242 g/mol. The molecule has 1 aromatic carbocycles. The second-order valence-electron chi connectivity index (χ2n) is 4.44. The number of nitro groups is 1. The minimum Gasteiger partial charge on any atom is -0.388 e. The maximum Gasteiger partial charge on any atom is 0.292 e. The molecule has 0 amide bonds. The molecule has 0 aromatic heterocycles. The molecule has 2 N–H and O–H groups in total. The van der Waals surface area contributed by atoms with E-state index in [0.29, 0.717) is 0 Å². The number of rotatable bonds is 4. The highest BCUT2D eigenvalue weighted by molar-refractivity contribution is 5.62. The fourth-order valence-electron chi connectivity index (χ4n) is 1.19. The summed E-state index contributed by atoms with van der Waals surface area (Å²) in [4.78, 5) is 10.1. The summed E-state index contributed by atoms with van der Waals surface area (Å²) in [7, 11) is 0. The summed E-state index contributed by atoms with van der Waals surface area (Å²) in [5.74, 6) is -0.568. The van der Waals surface area contributed by atoms with Crippen molar-refractivity contribution in [3.05, 3.63) is 34.1 Å². The summed E-state index contributed by atoms with van der Waals surface area (Å²) in [6, 6.07) is 2.70. The zero-order valence-corrected chi connectivity index (χ0v) is 9.90. The summed E-state index contributed by atoms with van der Waals surface area (Å²) >= 11 is 0. The van der Waals surface area contributed by atoms with Gasteiger partial charge < -0.3 is 10.4 Å². The maximum atomic E-state index is 13.0. The normalized spacial score (nSPS) is 13.2. The van der Waals surface area contributed by atoms with Crippen LogP contribution in [0.4, 0.5) is 15.8 Å². The first-order chi connectivity index (χ1) is 7.71. The molecule has 0 saturated heterocycles. The third-order valence-electron chi connectivity index (χ3n) is 2.59. The minimum atomic E-state index is -1.07. The number of aliphatic hydroxyl groups is 1. The highest BCUT2D eigenvalue weighted by Gasteiger charge is 2.25. The second-order valence-corrected chi connectivity index (χ2v) is 4.44. The topological polar surface area (TPSA) is 75.4 Å². The van der Waals surface area contributed by atoms with E-state index in [2.05, 4.69) is 5.32 Å². The van der Waals surface area contributed by atoms with Crippen molar-refractivity contribution in [2.45, 2.75) is 32.4 Å². The summed E-state index contributed by atoms with van der Waals surface area (Å²) in [5, 5.41) is 23.2. The van der Waals surface area contributed by atoms with Crippen molar-refractivity contribution >= 4 is 11.4 Å². The molecule has 1 rings (SSSR count). The Labute approximate surface area is 98.4 Å². The molecule has 0 aliphatic rings. The van der Waals surface area contributed by atoms with Crippen molar-refractivity contribution < 1.29 is 14.4 Å². The Morgan fingerprint density at radius 2 is 2.12 bits per heavy atom. The molecular weight excluding hydrogens is 227 g/mol. The lowest BCUT2D eigenvalue weighted by Crippen LogP contribution is -2.39. The van der Waals surface area contributed by atoms with Gasteiger partial charge in [-0.05, 0) is 26.8 Å². The van der Waals surface area contributed by atoms with Gasteiger partial charge in [-0.2, -0.15) is 0 Å². The van der Waals surface area contributed by atoms with Gasteiger partial charge in [-0.3, -0.25) is 10.1 Å². The lowest BCUT2D eigenvalue weighted by Gasteiger charge is -2.27. The predicted molar refractivity (Wildman–Crippen MR) is 62.4 cm³/mol. The first-order valence-electron chi connectivity index (χ1n) is 5.14. The van der Waals surface area contributed by atoms with Crippen LogP contribution in [0.15, 0.2) is 18.2 Å². The van der Waals surface area contributed by atoms with E-state index in [4.69, 9.17) is 0 Å². The molecule has 1 atom stereocenters. The molecule has 0 spiro atoms. The molecule has 0 fully saturated rings. The minimum absolute atomic E-state index is 0.0598. The van der Waals surface area contributed by atoms with Gasteiger partial charge in [-0.25, -0.2) is 4.39 Å². The predicted octanol–water partition coefficient (Wildman–Crippen LogP) is 2.31. The van der Waals surface area contributed by atoms with Crippen LogP contribution in [0.3, 0.4) is 0 Å². The van der Waals surface area contributed by atoms with Gasteiger partial charge in [-0.1, -0.05) is 0 Å². The van der Waals surface area contributed by atoms with Crippen molar-refractivity contribution in [2.75, 3.05) is 5.32 Å². The Kier molecular flexibility index (Phi) is 3.67. The average Bonchev–Trinajstić information content (AvgIpc) is 2.15. The molecule has 0 aliphatic carbocycles. The first kappa shape index (κ1) is 13.4. The lowest BCUT2D eigenvalue weighted by atomic mass is 10.0. The van der Waals surface area contributed by atoms with Gasteiger partial charge in [0.2, 0.25) is 0 Å². The molecule has 1 unspecified atom stereocenters. The quantitative estimate of drug-likeness (QED) is 0.627. The number of benzene rings is 1. The molecule has 0 aliphatic heterocycles. The fraction of sp³-hybridized carbons (Fsp3) is 0.455. The zero-order chi connectivity index (χ0) is 13.2. The van der Waals surface area contributed by atoms with Crippen LogP contribution in [0.25, 0.3) is 0 Å². The van der Waals surface area contributed by atoms with Crippen molar-refractivity contribution in [3.63, 3.8) is 0 Å². The summed E-state index contributed by atoms with van der Waals surface area (Å²) < 4.78 is 13.0. The number of hydrogen-bond donors (Lipinski definition) is 2. The smallest absolute Gasteiger partial charge is 0.292 e. The van der Waals surface area contributed by atoms with Gasteiger partial charge in [0.15, 0.2) is 0 Å². The lowest BCUT2D eigenvalue weighted by molar-refractivity contribution is -0.384. The highest BCUT2D eigenvalue weighted by Crippen LogP contribution is 2.27. The largest absolute Gasteiger partial charge is 0.388 e. The van der Waals surface area contributed by atoms with E-state index < -0.39 is 22.4 Å². The van der Waals surface area contributed by atoms with Crippen LogP contribution >= 0.6 is 0 Å². The second kappa shape index (κ2) is 4.67. The van der Waals surface area contributed by atoms with Gasteiger partial charge in [0.05, 0.1) is 16.6 Å². The molecular formula is C11H15FN2O3. The molecule has 0 bridgehead atoms. The van der Waals surface area contributed by atoms with E-state index in [0.717, 1.165) is 18.2 Å². The van der Waals surface area contributed by atoms with E-state index in [9.17, 15) is 19.6 Å². The van der Waals surface area contributed by atoms with Crippen LogP contribution in [0.1, 0.15) is 20.8 Å². The summed E-state index contributed by atoms with van der Waals surface area (Å²) in [6.07, 6.45) is 0. The molecule has 0 radical (unpaired) electrons. The summed E-state index contributed by atoms with van der Waals surface area (Å²) in [5.41, 5.74) is -1.23. The van der Waals surface area contributed by atoms with Crippen LogP contribution < -0.4 is 5.32 Å². The van der Waals surface area contributed by atoms with Gasteiger partial charge in [0.1, 0.15) is 11.5 Å². The van der Waals surface area contributed by atoms with Crippen molar-refractivity contribution in [3.8, 4) is 0 Å². The highest BCUT2D eigenvalue weighted by atomic mass is 19.1. The van der Waals surface area contributed by atoms with Crippen LogP contribution in [-0.4, -0.2) is 21.7 Å². The molecule has 6 heteroatoms. The Morgan fingerprint density at radius 1 is 1.53 bits per heavy atom. The van der Waals surface area contributed by atoms with Gasteiger partial charge in [-0.15, -0.1) is 0 Å². The molecule has 94 valence electrons. The molecule has 0 heterocycles. The van der Waals surface area contributed by atoms with Crippen molar-refractivity contribution in [1.29, 1.82) is 0 Å². The third-order valence-corrected chi connectivity index (χ3v) is 2.59. The van der Waals surface area contributed by atoms with Crippen molar-refractivity contribution in [1.82, 2.24) is 0 Å². The zero-order valence-electron chi connectivity index (χ0n) is 9.90. The fourth-order valence-corrected chi connectivity index (χ4v) is 1.19. The van der Waals surface area contributed by atoms with Crippen LogP contribution in [0.2, 0.25) is 0 Å². The monoisotopic (exact) mass is 242 g/mol. The van der Waals surface area contributed by atoms with E-state index >= 15 is 0 Å². The standard InChI is InChI=1S/C11H15FN2O3/c1-7(11(2,3)15)13-9-6-8(12)4-5-10(9)14(16)17/h4-7,13,15H,1-3H3. The first-order valence-corrected chi connectivity index (χ1v) is 5.14. The number of anilines is 1. The number of nitrogens with one attached hydrogen (secondary N) is 1. The number of hydrogen-bond acceptors (Lipinski definition) is 4. The summed E-state index contributed by atoms with van der Waals surface area (Å²) in [6.45, 7) is 4.79. The molecule has 17 heavy (non-hydrogen) atoms. The molecule has 1 aromatic rings. The Bertz CT molecular complexity index is 429. The third kappa shape index (κ3) is 3.39. The molecule has 5 nitrogen and oxygen atoms in total. The number of nitrogens with zero attached hydrogens (tertiary/aromatic N) is 1. The molecule has 0 saturated carbocycles. The number of nitro benzene ring substituents is 1. The van der Waals surface area contributed by atoms with Gasteiger partial charge in [0, 0.05) is 12.1 Å². The van der Waals surface area contributed by atoms with Crippen LogP contribution in [0, 0.1) is 15.9 Å². The van der Waals surface area contributed by atoms with E-state index in [-0.39, 0.29) is 11.4 Å². The van der Waals surface area contributed by atoms with Crippen LogP contribution in [0.5, 0.6) is 0 Å². The van der Waals surface area contributed by atoms with E-state index in [1.807, 2.05) is 0 Å². The van der Waals surface area contributed by atoms with E-state index in [1.54, 1.807) is 20.8 Å². The van der Waals surface area contributed by atoms with E-state index in [1.165, 1.54) is 0 Å². The Balaban J connectivity index is 3.04. The Morgan fingerprint density at radius 3 is 2.59 bits per heavy atom.